The van der Waals surface area contributed by atoms with Crippen LogP contribution < -0.4 is 10.1 Å². The van der Waals surface area contributed by atoms with E-state index in [1.807, 2.05) is 13.0 Å². The quantitative estimate of drug-likeness (QED) is 0.757. The van der Waals surface area contributed by atoms with Crippen LogP contribution >= 0.6 is 27.5 Å². The number of carbonyl (C=O) groups is 2. The molecule has 0 saturated carbocycles. The van der Waals surface area contributed by atoms with Crippen molar-refractivity contribution in [1.29, 1.82) is 0 Å². The first-order valence-corrected chi connectivity index (χ1v) is 8.21. The van der Waals surface area contributed by atoms with Crippen LogP contribution in [0, 0.1) is 6.92 Å². The predicted molar refractivity (Wildman–Crippen MR) is 96.0 cm³/mol. The molecule has 1 amide bonds. The molecule has 1 atom stereocenters. The van der Waals surface area contributed by atoms with E-state index in [-0.39, 0.29) is 11.5 Å². The molecule has 5 nitrogen and oxygen atoms in total. The lowest BCUT2D eigenvalue weighted by molar-refractivity contribution is -0.122. The molecule has 2 N–H and O–H groups in total. The number of hydrogen-bond acceptors (Lipinski definition) is 3. The second-order valence-electron chi connectivity index (χ2n) is 5.16. The maximum atomic E-state index is 12.3. The van der Waals surface area contributed by atoms with Crippen LogP contribution in [0.5, 0.6) is 5.75 Å². The SMILES string of the molecule is Cc1ccc(Cl)cc1NC(=O)[C@H](C)Oc1ccc(C(=O)O)cc1Br. The van der Waals surface area contributed by atoms with Crippen molar-refractivity contribution >= 4 is 45.1 Å². The number of carbonyl (C=O) groups excluding carboxylic acids is 1. The molecule has 0 aromatic heterocycles. The number of carboxylic acids is 1. The van der Waals surface area contributed by atoms with Crippen LogP contribution in [-0.2, 0) is 4.79 Å². The standard InChI is InChI=1S/C17H15BrClNO4/c1-9-3-5-12(19)8-14(9)20-16(21)10(2)24-15-6-4-11(17(22)23)7-13(15)18/h3-8,10H,1-2H3,(H,20,21)(H,22,23)/t10-/m0/s1. The van der Waals surface area contributed by atoms with Crippen molar-refractivity contribution in [2.75, 3.05) is 5.32 Å². The van der Waals surface area contributed by atoms with Gasteiger partial charge in [0.1, 0.15) is 5.75 Å². The fourth-order valence-corrected chi connectivity index (χ4v) is 2.58. The zero-order chi connectivity index (χ0) is 17.9. The minimum Gasteiger partial charge on any atom is -0.480 e. The highest BCUT2D eigenvalue weighted by molar-refractivity contribution is 9.10. The summed E-state index contributed by atoms with van der Waals surface area (Å²) in [7, 11) is 0. The molecule has 0 radical (unpaired) electrons. The highest BCUT2D eigenvalue weighted by atomic mass is 79.9. The van der Waals surface area contributed by atoms with Gasteiger partial charge < -0.3 is 15.2 Å². The summed E-state index contributed by atoms with van der Waals surface area (Å²) in [5.74, 6) is -0.996. The summed E-state index contributed by atoms with van der Waals surface area (Å²) in [5.41, 5.74) is 1.62. The normalized spacial score (nSPS) is 11.7. The van der Waals surface area contributed by atoms with Crippen LogP contribution in [-0.4, -0.2) is 23.1 Å². The van der Waals surface area contributed by atoms with E-state index < -0.39 is 12.1 Å². The van der Waals surface area contributed by atoms with Gasteiger partial charge >= 0.3 is 5.97 Å². The molecule has 0 spiro atoms. The van der Waals surface area contributed by atoms with E-state index in [1.54, 1.807) is 19.1 Å². The third-order valence-corrected chi connectivity index (χ3v) is 4.16. The first kappa shape index (κ1) is 18.3. The molecular weight excluding hydrogens is 398 g/mol. The number of hydrogen-bond donors (Lipinski definition) is 2. The van der Waals surface area contributed by atoms with Gasteiger partial charge in [0.05, 0.1) is 10.0 Å². The van der Waals surface area contributed by atoms with Crippen molar-refractivity contribution in [3.63, 3.8) is 0 Å². The Labute approximate surface area is 152 Å². The second kappa shape index (κ2) is 7.68. The molecular formula is C17H15BrClNO4. The molecule has 0 bridgehead atoms. The van der Waals surface area contributed by atoms with Gasteiger partial charge in [0.2, 0.25) is 0 Å². The van der Waals surface area contributed by atoms with Gasteiger partial charge in [-0.25, -0.2) is 4.79 Å². The molecule has 0 heterocycles. The summed E-state index contributed by atoms with van der Waals surface area (Å²) < 4.78 is 6.06. The number of aryl methyl sites for hydroxylation is 1. The number of benzene rings is 2. The number of rotatable bonds is 5. The van der Waals surface area contributed by atoms with E-state index in [0.29, 0.717) is 20.9 Å². The van der Waals surface area contributed by atoms with E-state index in [2.05, 4.69) is 21.2 Å². The first-order chi connectivity index (χ1) is 11.3. The van der Waals surface area contributed by atoms with Gasteiger partial charge in [-0.3, -0.25) is 4.79 Å². The Hall–Kier alpha value is -2.05. The summed E-state index contributed by atoms with van der Waals surface area (Å²) in [6.45, 7) is 3.46. The summed E-state index contributed by atoms with van der Waals surface area (Å²) >= 11 is 9.18. The van der Waals surface area contributed by atoms with E-state index in [4.69, 9.17) is 21.4 Å². The highest BCUT2D eigenvalue weighted by Crippen LogP contribution is 2.27. The molecule has 126 valence electrons. The van der Waals surface area contributed by atoms with Gasteiger partial charge in [-0.15, -0.1) is 0 Å². The lowest BCUT2D eigenvalue weighted by Gasteiger charge is -2.17. The Kier molecular flexibility index (Phi) is 5.85. The van der Waals surface area contributed by atoms with Crippen molar-refractivity contribution in [1.82, 2.24) is 0 Å². The number of anilines is 1. The number of carboxylic acid groups (broad SMARTS) is 1. The molecule has 2 aromatic rings. The Morgan fingerprint density at radius 1 is 1.25 bits per heavy atom. The summed E-state index contributed by atoms with van der Waals surface area (Å²) in [6.07, 6.45) is -0.782. The van der Waals surface area contributed by atoms with Gasteiger partial charge in [0.15, 0.2) is 6.10 Å². The van der Waals surface area contributed by atoms with Crippen LogP contribution in [0.3, 0.4) is 0 Å². The molecule has 24 heavy (non-hydrogen) atoms. The lowest BCUT2D eigenvalue weighted by atomic mass is 10.2. The molecule has 0 aliphatic rings. The molecule has 0 saturated heterocycles. The fourth-order valence-electron chi connectivity index (χ4n) is 1.94. The van der Waals surface area contributed by atoms with Crippen LogP contribution in [0.2, 0.25) is 5.02 Å². The van der Waals surface area contributed by atoms with E-state index in [1.165, 1.54) is 18.2 Å². The number of aromatic carboxylic acids is 1. The third kappa shape index (κ3) is 4.49. The lowest BCUT2D eigenvalue weighted by Crippen LogP contribution is -2.30. The Balaban J connectivity index is 2.09. The zero-order valence-corrected chi connectivity index (χ0v) is 15.3. The van der Waals surface area contributed by atoms with Crippen molar-refractivity contribution in [3.05, 3.63) is 57.0 Å². The smallest absolute Gasteiger partial charge is 0.335 e. The number of nitrogens with one attached hydrogen (secondary N) is 1. The van der Waals surface area contributed by atoms with Gasteiger partial charge in [-0.1, -0.05) is 17.7 Å². The van der Waals surface area contributed by atoms with Gasteiger partial charge in [-0.2, -0.15) is 0 Å². The molecule has 0 unspecified atom stereocenters. The first-order valence-electron chi connectivity index (χ1n) is 7.04. The molecule has 0 aliphatic heterocycles. The van der Waals surface area contributed by atoms with Crippen molar-refractivity contribution in [2.45, 2.75) is 20.0 Å². The Morgan fingerprint density at radius 2 is 1.96 bits per heavy atom. The largest absolute Gasteiger partial charge is 0.480 e. The Morgan fingerprint density at radius 3 is 2.58 bits per heavy atom. The Bertz CT molecular complexity index is 794. The third-order valence-electron chi connectivity index (χ3n) is 3.31. The molecule has 7 heteroatoms. The van der Waals surface area contributed by atoms with Crippen LogP contribution in [0.4, 0.5) is 5.69 Å². The summed E-state index contributed by atoms with van der Waals surface area (Å²) in [6, 6.07) is 9.55. The van der Waals surface area contributed by atoms with Crippen LogP contribution in [0.15, 0.2) is 40.9 Å². The minimum absolute atomic E-state index is 0.126. The highest BCUT2D eigenvalue weighted by Gasteiger charge is 2.18. The minimum atomic E-state index is -1.04. The number of ether oxygens (including phenoxy) is 1. The predicted octanol–water partition coefficient (Wildman–Crippen LogP) is 4.52. The van der Waals surface area contributed by atoms with Crippen molar-refractivity contribution in [2.24, 2.45) is 0 Å². The van der Waals surface area contributed by atoms with Crippen molar-refractivity contribution < 1.29 is 19.4 Å². The van der Waals surface area contributed by atoms with Crippen molar-refractivity contribution in [3.8, 4) is 5.75 Å². The fraction of sp³-hybridized carbons (Fsp3) is 0.176. The zero-order valence-electron chi connectivity index (χ0n) is 13.0. The molecule has 0 aliphatic carbocycles. The maximum Gasteiger partial charge on any atom is 0.335 e. The van der Waals surface area contributed by atoms with Crippen LogP contribution in [0.1, 0.15) is 22.8 Å². The number of halogens is 2. The molecule has 0 fully saturated rings. The summed E-state index contributed by atoms with van der Waals surface area (Å²) in [4.78, 5) is 23.2. The van der Waals surface area contributed by atoms with E-state index in [0.717, 1.165) is 5.56 Å². The molecule has 2 rings (SSSR count). The second-order valence-corrected chi connectivity index (χ2v) is 6.45. The van der Waals surface area contributed by atoms with Crippen LogP contribution in [0.25, 0.3) is 0 Å². The monoisotopic (exact) mass is 411 g/mol. The van der Waals surface area contributed by atoms with Gasteiger partial charge in [0.25, 0.3) is 5.91 Å². The van der Waals surface area contributed by atoms with Gasteiger partial charge in [0, 0.05) is 10.7 Å². The molecule has 2 aromatic carbocycles. The topological polar surface area (TPSA) is 75.6 Å². The average molecular weight is 413 g/mol. The number of amides is 1. The van der Waals surface area contributed by atoms with Gasteiger partial charge in [-0.05, 0) is 65.7 Å². The van der Waals surface area contributed by atoms with E-state index >= 15 is 0 Å². The maximum absolute atomic E-state index is 12.3. The van der Waals surface area contributed by atoms with E-state index in [9.17, 15) is 9.59 Å². The average Bonchev–Trinajstić information content (AvgIpc) is 2.52. The summed E-state index contributed by atoms with van der Waals surface area (Å²) in [5, 5.41) is 12.2.